The zero-order chi connectivity index (χ0) is 18.4. The summed E-state index contributed by atoms with van der Waals surface area (Å²) < 4.78 is 2.04. The number of hydrogen-bond donors (Lipinski definition) is 2. The van der Waals surface area contributed by atoms with Crippen LogP contribution < -0.4 is 10.6 Å². The standard InChI is InChI=1S/C20H30N6.HI/c1-4-15-6-8-16(9-7-15)12-13-22-20(21-3)23-17-10-11-19-24-18(5-2)25-26(19)14-17;/h6-9,17H,4-5,10-14H2,1-3H3,(H2,21,22,23);1H. The van der Waals surface area contributed by atoms with Crippen LogP contribution in [-0.2, 0) is 32.2 Å². The second-order valence-electron chi connectivity index (χ2n) is 6.78. The van der Waals surface area contributed by atoms with E-state index in [1.807, 2.05) is 11.7 Å². The molecule has 2 heterocycles. The minimum atomic E-state index is 0. The highest BCUT2D eigenvalue weighted by Crippen LogP contribution is 2.13. The summed E-state index contributed by atoms with van der Waals surface area (Å²) in [5.74, 6) is 2.91. The molecule has 27 heavy (non-hydrogen) atoms. The lowest BCUT2D eigenvalue weighted by atomic mass is 10.1. The van der Waals surface area contributed by atoms with Gasteiger partial charge >= 0.3 is 0 Å². The topological polar surface area (TPSA) is 67.1 Å². The molecule has 0 spiro atoms. The number of aliphatic imine (C=N–C) groups is 1. The predicted octanol–water partition coefficient (Wildman–Crippen LogP) is 2.74. The second kappa shape index (κ2) is 10.6. The minimum absolute atomic E-state index is 0. The first kappa shape index (κ1) is 21.7. The van der Waals surface area contributed by atoms with E-state index in [1.54, 1.807) is 0 Å². The van der Waals surface area contributed by atoms with Crippen LogP contribution in [0.4, 0.5) is 0 Å². The van der Waals surface area contributed by atoms with Gasteiger partial charge in [-0.2, -0.15) is 5.10 Å². The molecule has 0 bridgehead atoms. The molecular weight excluding hydrogens is 451 g/mol. The smallest absolute Gasteiger partial charge is 0.191 e. The number of aryl methyl sites for hydroxylation is 3. The molecule has 0 saturated heterocycles. The maximum absolute atomic E-state index is 4.58. The number of guanidine groups is 1. The van der Waals surface area contributed by atoms with E-state index in [-0.39, 0.29) is 24.0 Å². The van der Waals surface area contributed by atoms with Gasteiger partial charge in [-0.25, -0.2) is 9.67 Å². The molecule has 1 atom stereocenters. The van der Waals surface area contributed by atoms with Crippen molar-refractivity contribution in [2.75, 3.05) is 13.6 Å². The Balaban J connectivity index is 0.00000261. The SMILES string of the molecule is CCc1ccc(CCNC(=NC)NC2CCc3nc(CC)nn3C2)cc1.I. The van der Waals surface area contributed by atoms with Crippen LogP contribution >= 0.6 is 24.0 Å². The molecule has 0 amide bonds. The highest BCUT2D eigenvalue weighted by Gasteiger charge is 2.21. The van der Waals surface area contributed by atoms with Crippen LogP contribution in [0, 0.1) is 0 Å². The largest absolute Gasteiger partial charge is 0.356 e. The fraction of sp³-hybridized carbons (Fsp3) is 0.550. The Hall–Kier alpha value is -1.64. The van der Waals surface area contributed by atoms with Crippen molar-refractivity contribution < 1.29 is 0 Å². The van der Waals surface area contributed by atoms with Gasteiger partial charge in [0.2, 0.25) is 0 Å². The van der Waals surface area contributed by atoms with Crippen molar-refractivity contribution in [2.24, 2.45) is 4.99 Å². The van der Waals surface area contributed by atoms with Crippen LogP contribution in [0.1, 0.15) is 43.0 Å². The maximum atomic E-state index is 4.58. The molecule has 3 rings (SSSR count). The molecule has 1 aromatic heterocycles. The summed E-state index contributed by atoms with van der Waals surface area (Å²) in [4.78, 5) is 8.94. The van der Waals surface area contributed by atoms with E-state index in [0.717, 1.165) is 62.8 Å². The van der Waals surface area contributed by atoms with Crippen molar-refractivity contribution in [1.82, 2.24) is 25.4 Å². The number of nitrogens with one attached hydrogen (secondary N) is 2. The van der Waals surface area contributed by atoms with Gasteiger partial charge in [0, 0.05) is 32.5 Å². The summed E-state index contributed by atoms with van der Waals surface area (Å²) in [5.41, 5.74) is 2.73. The quantitative estimate of drug-likeness (QED) is 0.378. The third kappa shape index (κ3) is 5.92. The Bertz CT molecular complexity index is 737. The molecule has 0 fully saturated rings. The predicted molar refractivity (Wildman–Crippen MR) is 121 cm³/mol. The Kier molecular flexibility index (Phi) is 8.53. The molecule has 6 nitrogen and oxygen atoms in total. The van der Waals surface area contributed by atoms with E-state index in [4.69, 9.17) is 0 Å². The molecule has 2 aromatic rings. The molecule has 0 radical (unpaired) electrons. The van der Waals surface area contributed by atoms with Gasteiger partial charge in [0.25, 0.3) is 0 Å². The van der Waals surface area contributed by atoms with E-state index in [1.165, 1.54) is 11.1 Å². The van der Waals surface area contributed by atoms with Gasteiger partial charge in [0.1, 0.15) is 5.82 Å². The molecule has 2 N–H and O–H groups in total. The molecule has 148 valence electrons. The van der Waals surface area contributed by atoms with Gasteiger partial charge in [-0.15, -0.1) is 24.0 Å². The Morgan fingerprint density at radius 1 is 1.19 bits per heavy atom. The van der Waals surface area contributed by atoms with Crippen molar-refractivity contribution in [2.45, 2.75) is 58.5 Å². The zero-order valence-corrected chi connectivity index (χ0v) is 18.9. The number of halogens is 1. The van der Waals surface area contributed by atoms with Crippen molar-refractivity contribution in [3.63, 3.8) is 0 Å². The fourth-order valence-electron chi connectivity index (χ4n) is 3.28. The fourth-order valence-corrected chi connectivity index (χ4v) is 3.28. The normalized spacial score (nSPS) is 16.4. The van der Waals surface area contributed by atoms with Crippen LogP contribution in [0.15, 0.2) is 29.3 Å². The van der Waals surface area contributed by atoms with Gasteiger partial charge in [-0.05, 0) is 30.4 Å². The monoisotopic (exact) mass is 482 g/mol. The van der Waals surface area contributed by atoms with Crippen molar-refractivity contribution in [3.8, 4) is 0 Å². The van der Waals surface area contributed by atoms with Crippen molar-refractivity contribution in [3.05, 3.63) is 47.0 Å². The number of benzene rings is 1. The third-order valence-corrected chi connectivity index (χ3v) is 4.92. The number of fused-ring (bicyclic) bond motifs is 1. The summed E-state index contributed by atoms with van der Waals surface area (Å²) in [7, 11) is 1.82. The van der Waals surface area contributed by atoms with E-state index in [0.29, 0.717) is 6.04 Å². The summed E-state index contributed by atoms with van der Waals surface area (Å²) in [5, 5.41) is 11.5. The van der Waals surface area contributed by atoms with Gasteiger partial charge in [-0.3, -0.25) is 4.99 Å². The maximum Gasteiger partial charge on any atom is 0.191 e. The van der Waals surface area contributed by atoms with Crippen LogP contribution in [-0.4, -0.2) is 40.4 Å². The van der Waals surface area contributed by atoms with Gasteiger partial charge in [0.15, 0.2) is 11.8 Å². The van der Waals surface area contributed by atoms with Gasteiger partial charge in [-0.1, -0.05) is 38.1 Å². The first-order valence-electron chi connectivity index (χ1n) is 9.69. The number of hydrogen-bond acceptors (Lipinski definition) is 3. The lowest BCUT2D eigenvalue weighted by Crippen LogP contribution is -2.47. The Labute approximate surface area is 179 Å². The summed E-state index contributed by atoms with van der Waals surface area (Å²) in [6, 6.07) is 9.20. The third-order valence-electron chi connectivity index (χ3n) is 4.92. The summed E-state index contributed by atoms with van der Waals surface area (Å²) in [6.45, 7) is 6.00. The number of rotatable bonds is 6. The molecule has 0 aliphatic carbocycles. The van der Waals surface area contributed by atoms with Crippen molar-refractivity contribution in [1.29, 1.82) is 0 Å². The molecular formula is C20H31IN6. The van der Waals surface area contributed by atoms with Gasteiger partial charge < -0.3 is 10.6 Å². The summed E-state index contributed by atoms with van der Waals surface area (Å²) in [6.07, 6.45) is 4.99. The van der Waals surface area contributed by atoms with E-state index in [9.17, 15) is 0 Å². The average Bonchev–Trinajstić information content (AvgIpc) is 3.10. The Morgan fingerprint density at radius 2 is 1.93 bits per heavy atom. The van der Waals surface area contributed by atoms with Gasteiger partial charge in [0.05, 0.1) is 6.54 Å². The van der Waals surface area contributed by atoms with Crippen LogP contribution in [0.25, 0.3) is 0 Å². The molecule has 1 aliphatic rings. The lowest BCUT2D eigenvalue weighted by molar-refractivity contribution is 0.392. The zero-order valence-electron chi connectivity index (χ0n) is 16.5. The highest BCUT2D eigenvalue weighted by atomic mass is 127. The second-order valence-corrected chi connectivity index (χ2v) is 6.78. The number of aromatic nitrogens is 3. The van der Waals surface area contributed by atoms with Crippen molar-refractivity contribution >= 4 is 29.9 Å². The van der Waals surface area contributed by atoms with Crippen LogP contribution in [0.3, 0.4) is 0 Å². The molecule has 1 aromatic carbocycles. The highest BCUT2D eigenvalue weighted by molar-refractivity contribution is 14.0. The lowest BCUT2D eigenvalue weighted by Gasteiger charge is -2.25. The Morgan fingerprint density at radius 3 is 2.59 bits per heavy atom. The average molecular weight is 482 g/mol. The summed E-state index contributed by atoms with van der Waals surface area (Å²) >= 11 is 0. The first-order chi connectivity index (χ1) is 12.7. The number of nitrogens with zero attached hydrogens (tertiary/aromatic N) is 4. The van der Waals surface area contributed by atoms with E-state index >= 15 is 0 Å². The van der Waals surface area contributed by atoms with E-state index in [2.05, 4.69) is 63.8 Å². The van der Waals surface area contributed by atoms with Crippen LogP contribution in [0.2, 0.25) is 0 Å². The molecule has 7 heteroatoms. The first-order valence-corrected chi connectivity index (χ1v) is 9.69. The minimum Gasteiger partial charge on any atom is -0.356 e. The van der Waals surface area contributed by atoms with Crippen LogP contribution in [0.5, 0.6) is 0 Å². The van der Waals surface area contributed by atoms with E-state index < -0.39 is 0 Å². The molecule has 1 aliphatic heterocycles. The molecule has 1 unspecified atom stereocenters. The molecule has 0 saturated carbocycles.